The van der Waals surface area contributed by atoms with Crippen LogP contribution in [0, 0.1) is 5.82 Å². The lowest BCUT2D eigenvalue weighted by Crippen LogP contribution is -2.37. The van der Waals surface area contributed by atoms with Gasteiger partial charge in [0.2, 0.25) is 0 Å². The van der Waals surface area contributed by atoms with Gasteiger partial charge in [0.05, 0.1) is 30.1 Å². The highest BCUT2D eigenvalue weighted by Crippen LogP contribution is 2.40. The van der Waals surface area contributed by atoms with Crippen LogP contribution in [0.4, 0.5) is 4.39 Å². The summed E-state index contributed by atoms with van der Waals surface area (Å²) in [6.07, 6.45) is 4.26. The second-order valence-electron chi connectivity index (χ2n) is 7.87. The van der Waals surface area contributed by atoms with Gasteiger partial charge in [0.1, 0.15) is 5.82 Å². The van der Waals surface area contributed by atoms with Crippen LogP contribution in [0.25, 0.3) is 11.0 Å². The third-order valence-corrected chi connectivity index (χ3v) is 5.71. The number of rotatable bonds is 4. The first kappa shape index (κ1) is 16.9. The average molecular weight is 365 g/mol. The molecule has 5 rings (SSSR count). The molecule has 1 unspecified atom stereocenters. The minimum absolute atomic E-state index is 0.0366. The lowest BCUT2D eigenvalue weighted by Gasteiger charge is -2.33. The molecule has 140 valence electrons. The van der Waals surface area contributed by atoms with Crippen LogP contribution in [0.5, 0.6) is 0 Å². The van der Waals surface area contributed by atoms with Gasteiger partial charge in [0.25, 0.3) is 0 Å². The van der Waals surface area contributed by atoms with Crippen molar-refractivity contribution < 1.29 is 9.13 Å². The molecule has 5 heteroatoms. The molecule has 27 heavy (non-hydrogen) atoms. The molecule has 4 nitrogen and oxygen atoms in total. The molecular formula is C22H24FN3O. The van der Waals surface area contributed by atoms with Gasteiger partial charge in [-0.25, -0.2) is 9.37 Å². The number of aromatic nitrogens is 2. The summed E-state index contributed by atoms with van der Waals surface area (Å²) in [5, 5.41) is 0. The van der Waals surface area contributed by atoms with Crippen LogP contribution in [0.3, 0.4) is 0 Å². The molecule has 0 N–H and O–H groups in total. The molecule has 2 aromatic carbocycles. The Bertz CT molecular complexity index is 979. The number of hydrogen-bond donors (Lipinski definition) is 0. The minimum atomic E-state index is -0.110. The van der Waals surface area contributed by atoms with E-state index in [2.05, 4.69) is 34.1 Å². The summed E-state index contributed by atoms with van der Waals surface area (Å²) in [6, 6.07) is 11.9. The highest BCUT2D eigenvalue weighted by atomic mass is 19.1. The molecule has 0 bridgehead atoms. The number of benzene rings is 2. The van der Waals surface area contributed by atoms with E-state index >= 15 is 0 Å². The molecule has 0 amide bonds. The molecule has 3 aromatic rings. The van der Waals surface area contributed by atoms with Crippen molar-refractivity contribution in [3.05, 3.63) is 65.2 Å². The van der Waals surface area contributed by atoms with Crippen LogP contribution < -0.4 is 0 Å². The third kappa shape index (κ3) is 3.49. The van der Waals surface area contributed by atoms with Crippen LogP contribution in [-0.2, 0) is 18.3 Å². The highest BCUT2D eigenvalue weighted by molar-refractivity contribution is 5.76. The summed E-state index contributed by atoms with van der Waals surface area (Å²) in [5.74, 6) is 0.461. The Hall–Kier alpha value is -2.24. The summed E-state index contributed by atoms with van der Waals surface area (Å²) in [4.78, 5) is 6.76. The smallest absolute Gasteiger partial charge is 0.123 e. The van der Waals surface area contributed by atoms with Crippen molar-refractivity contribution in [3.8, 4) is 0 Å². The quantitative estimate of drug-likeness (QED) is 0.695. The number of hydrogen-bond acceptors (Lipinski definition) is 3. The van der Waals surface area contributed by atoms with Crippen molar-refractivity contribution in [2.45, 2.75) is 31.4 Å². The molecule has 1 aliphatic heterocycles. The molecule has 1 aromatic heterocycles. The van der Waals surface area contributed by atoms with Crippen molar-refractivity contribution in [3.63, 3.8) is 0 Å². The second kappa shape index (κ2) is 6.73. The summed E-state index contributed by atoms with van der Waals surface area (Å²) >= 11 is 0. The van der Waals surface area contributed by atoms with Crippen LogP contribution in [0.2, 0.25) is 0 Å². The summed E-state index contributed by atoms with van der Waals surface area (Å²) in [7, 11) is 2.01. The van der Waals surface area contributed by atoms with Gasteiger partial charge in [-0.15, -0.1) is 0 Å². The highest BCUT2D eigenvalue weighted by Gasteiger charge is 2.26. The first-order chi connectivity index (χ1) is 13.2. The van der Waals surface area contributed by atoms with Crippen molar-refractivity contribution in [1.82, 2.24) is 14.5 Å². The Kier molecular flexibility index (Phi) is 4.21. The Labute approximate surface area is 158 Å². The Morgan fingerprint density at radius 3 is 2.89 bits per heavy atom. The Balaban J connectivity index is 1.33. The summed E-state index contributed by atoms with van der Waals surface area (Å²) < 4.78 is 22.1. The summed E-state index contributed by atoms with van der Waals surface area (Å²) in [5.41, 5.74) is 5.53. The fraction of sp³-hybridized carbons (Fsp3) is 0.409. The standard InChI is InChI=1S/C22H24FN3O/c1-25-14-24-20-5-4-17(11-21(20)25)22-13-26(6-7-27-22)12-15-8-18(16-2-3-16)10-19(23)9-15/h4-5,8-11,14,16,22H,2-3,6-7,12-13H2,1H3. The average Bonchev–Trinajstić information content (AvgIpc) is 3.45. The van der Waals surface area contributed by atoms with Crippen LogP contribution >= 0.6 is 0 Å². The Morgan fingerprint density at radius 2 is 2.04 bits per heavy atom. The lowest BCUT2D eigenvalue weighted by atomic mass is 10.0. The number of halogens is 1. The largest absolute Gasteiger partial charge is 0.371 e. The van der Waals surface area contributed by atoms with Gasteiger partial charge in [0, 0.05) is 26.7 Å². The molecule has 1 atom stereocenters. The monoisotopic (exact) mass is 365 g/mol. The number of imidazole rings is 1. The van der Waals surface area contributed by atoms with E-state index in [-0.39, 0.29) is 11.9 Å². The van der Waals surface area contributed by atoms with Gasteiger partial charge in [-0.05, 0) is 59.7 Å². The van der Waals surface area contributed by atoms with Gasteiger partial charge < -0.3 is 9.30 Å². The fourth-order valence-corrected chi connectivity index (χ4v) is 4.07. The van der Waals surface area contributed by atoms with E-state index < -0.39 is 0 Å². The lowest BCUT2D eigenvalue weighted by molar-refractivity contribution is -0.0329. The van der Waals surface area contributed by atoms with Gasteiger partial charge in [0.15, 0.2) is 0 Å². The van der Waals surface area contributed by atoms with Crippen LogP contribution in [-0.4, -0.2) is 34.1 Å². The molecule has 0 radical (unpaired) electrons. The zero-order chi connectivity index (χ0) is 18.4. The van der Waals surface area contributed by atoms with Crippen molar-refractivity contribution >= 4 is 11.0 Å². The second-order valence-corrected chi connectivity index (χ2v) is 7.87. The van der Waals surface area contributed by atoms with E-state index in [1.165, 1.54) is 18.4 Å². The minimum Gasteiger partial charge on any atom is -0.371 e. The topological polar surface area (TPSA) is 30.3 Å². The SMILES string of the molecule is Cn1cnc2ccc(C3CN(Cc4cc(F)cc(C5CC5)c4)CCO3)cc21. The van der Waals surface area contributed by atoms with Crippen molar-refractivity contribution in [2.24, 2.45) is 7.05 Å². The predicted molar refractivity (Wildman–Crippen MR) is 103 cm³/mol. The van der Waals surface area contributed by atoms with Gasteiger partial charge in [-0.3, -0.25) is 4.90 Å². The van der Waals surface area contributed by atoms with E-state index in [0.29, 0.717) is 12.5 Å². The van der Waals surface area contributed by atoms with E-state index in [9.17, 15) is 4.39 Å². The zero-order valence-corrected chi connectivity index (χ0v) is 15.6. The maximum absolute atomic E-state index is 14.0. The molecule has 2 fully saturated rings. The first-order valence-electron chi connectivity index (χ1n) is 9.70. The van der Waals surface area contributed by atoms with Crippen molar-refractivity contribution in [2.75, 3.05) is 19.7 Å². The van der Waals surface area contributed by atoms with Crippen LogP contribution in [0.1, 0.15) is 41.6 Å². The van der Waals surface area contributed by atoms with E-state index in [4.69, 9.17) is 4.74 Å². The van der Waals surface area contributed by atoms with Crippen LogP contribution in [0.15, 0.2) is 42.7 Å². The molecule has 1 saturated heterocycles. The molecule has 2 aliphatic rings. The van der Waals surface area contributed by atoms with E-state index in [1.807, 2.05) is 17.9 Å². The number of aryl methyl sites for hydroxylation is 1. The number of ether oxygens (including phenoxy) is 1. The molecule has 1 aliphatic carbocycles. The number of fused-ring (bicyclic) bond motifs is 1. The summed E-state index contributed by atoms with van der Waals surface area (Å²) in [6.45, 7) is 3.16. The van der Waals surface area contributed by atoms with E-state index in [0.717, 1.165) is 41.8 Å². The number of nitrogens with zero attached hydrogens (tertiary/aromatic N) is 3. The zero-order valence-electron chi connectivity index (χ0n) is 15.6. The maximum atomic E-state index is 14.0. The van der Waals surface area contributed by atoms with Gasteiger partial charge in [-0.1, -0.05) is 12.1 Å². The third-order valence-electron chi connectivity index (χ3n) is 5.71. The molecule has 0 spiro atoms. The van der Waals surface area contributed by atoms with E-state index in [1.54, 1.807) is 12.1 Å². The molecule has 1 saturated carbocycles. The fourth-order valence-electron chi connectivity index (χ4n) is 4.07. The number of morpholine rings is 1. The van der Waals surface area contributed by atoms with Crippen molar-refractivity contribution in [1.29, 1.82) is 0 Å². The first-order valence-corrected chi connectivity index (χ1v) is 9.70. The normalized spacial score (nSPS) is 21.0. The molecule has 2 heterocycles. The predicted octanol–water partition coefficient (Wildman–Crippen LogP) is 4.16. The molecular weight excluding hydrogens is 341 g/mol. The Morgan fingerprint density at radius 1 is 1.15 bits per heavy atom. The maximum Gasteiger partial charge on any atom is 0.123 e. The van der Waals surface area contributed by atoms with Gasteiger partial charge >= 0.3 is 0 Å². The van der Waals surface area contributed by atoms with Gasteiger partial charge in [-0.2, -0.15) is 0 Å².